The molecule has 1 saturated heterocycles. The third-order valence-corrected chi connectivity index (χ3v) is 5.60. The third-order valence-electron chi connectivity index (χ3n) is 4.71. The van der Waals surface area contributed by atoms with Crippen LogP contribution in [0.5, 0.6) is 5.75 Å². The highest BCUT2D eigenvalue weighted by molar-refractivity contribution is 8.13. The zero-order valence-electron chi connectivity index (χ0n) is 16.6. The van der Waals surface area contributed by atoms with Crippen LogP contribution in [0.2, 0.25) is 0 Å². The second-order valence-electron chi connectivity index (χ2n) is 7.41. The maximum atomic E-state index is 11.5. The van der Waals surface area contributed by atoms with Crippen LogP contribution in [0.1, 0.15) is 46.6 Å². The predicted octanol–water partition coefficient (Wildman–Crippen LogP) is 4.27. The zero-order chi connectivity index (χ0) is 20.1. The van der Waals surface area contributed by atoms with Crippen LogP contribution in [0, 0.1) is 11.3 Å². The van der Waals surface area contributed by atoms with Crippen molar-refractivity contribution < 1.29 is 18.8 Å². The lowest BCUT2D eigenvalue weighted by Crippen LogP contribution is -2.41. The first-order valence-corrected chi connectivity index (χ1v) is 9.92. The van der Waals surface area contributed by atoms with Gasteiger partial charge >= 0.3 is 7.12 Å². The van der Waals surface area contributed by atoms with Crippen LogP contribution in [0.25, 0.3) is 6.08 Å². The zero-order valence-corrected chi connectivity index (χ0v) is 17.4. The van der Waals surface area contributed by atoms with E-state index in [0.717, 1.165) is 16.8 Å². The molecule has 0 spiro atoms. The molecule has 1 aliphatic heterocycles. The third kappa shape index (κ3) is 5.87. The quantitative estimate of drug-likeness (QED) is 0.514. The van der Waals surface area contributed by atoms with Gasteiger partial charge in [-0.1, -0.05) is 30.0 Å². The summed E-state index contributed by atoms with van der Waals surface area (Å²) in [5.41, 5.74) is 1.01. The van der Waals surface area contributed by atoms with Gasteiger partial charge in [-0.25, -0.2) is 0 Å². The van der Waals surface area contributed by atoms with E-state index >= 15 is 0 Å². The summed E-state index contributed by atoms with van der Waals surface area (Å²) in [5.74, 6) is 1.23. The minimum atomic E-state index is -0.492. The second kappa shape index (κ2) is 8.96. The minimum absolute atomic E-state index is 0.0543. The fourth-order valence-electron chi connectivity index (χ4n) is 2.45. The number of carbonyl (C=O) groups is 1. The van der Waals surface area contributed by atoms with Gasteiger partial charge in [0.2, 0.25) is 0 Å². The highest BCUT2D eigenvalue weighted by Gasteiger charge is 2.52. The van der Waals surface area contributed by atoms with E-state index in [9.17, 15) is 4.79 Å². The lowest BCUT2D eigenvalue weighted by Gasteiger charge is -2.32. The normalized spacial score (nSPS) is 18.2. The van der Waals surface area contributed by atoms with E-state index in [4.69, 9.17) is 19.3 Å². The van der Waals surface area contributed by atoms with Gasteiger partial charge in [-0.05, 0) is 50.9 Å². The summed E-state index contributed by atoms with van der Waals surface area (Å²) in [5, 5.41) is 8.62. The fraction of sp³-hybridized carbons (Fsp3) is 0.500. The number of ether oxygens (including phenoxy) is 1. The lowest BCUT2D eigenvalue weighted by atomic mass is 9.78. The van der Waals surface area contributed by atoms with Gasteiger partial charge in [0.25, 0.3) is 0 Å². The standard InChI is InChI=1S/C20H26BNO4S/c1-15(23)27-14-17(21-25-19(2,3)20(4,5)26-21)13-16-7-9-18(10-8-16)24-12-6-11-22/h7-10,13H,6,12,14H2,1-5H3. The van der Waals surface area contributed by atoms with Crippen molar-refractivity contribution in [3.05, 3.63) is 35.3 Å². The van der Waals surface area contributed by atoms with E-state index in [-0.39, 0.29) is 5.12 Å². The molecule has 1 aromatic carbocycles. The van der Waals surface area contributed by atoms with Crippen LogP contribution < -0.4 is 4.74 Å². The van der Waals surface area contributed by atoms with E-state index in [2.05, 4.69) is 6.07 Å². The van der Waals surface area contributed by atoms with Gasteiger partial charge in [0.15, 0.2) is 5.12 Å². The molecule has 0 unspecified atom stereocenters. The van der Waals surface area contributed by atoms with Crippen molar-refractivity contribution in [3.8, 4) is 11.8 Å². The van der Waals surface area contributed by atoms with Crippen LogP contribution in [-0.2, 0) is 14.1 Å². The molecule has 5 nitrogen and oxygen atoms in total. The molecular weight excluding hydrogens is 361 g/mol. The van der Waals surface area contributed by atoms with E-state index in [0.29, 0.717) is 18.8 Å². The van der Waals surface area contributed by atoms with Gasteiger partial charge in [-0.2, -0.15) is 5.26 Å². The molecule has 0 radical (unpaired) electrons. The topological polar surface area (TPSA) is 68.6 Å². The predicted molar refractivity (Wildman–Crippen MR) is 109 cm³/mol. The first kappa shape index (κ1) is 21.6. The molecule has 2 rings (SSSR count). The summed E-state index contributed by atoms with van der Waals surface area (Å²) in [4.78, 5) is 11.5. The Bertz CT molecular complexity index is 721. The average molecular weight is 387 g/mol. The number of hydrogen-bond donors (Lipinski definition) is 0. The largest absolute Gasteiger partial charge is 0.493 e. The van der Waals surface area contributed by atoms with Crippen molar-refractivity contribution in [3.63, 3.8) is 0 Å². The molecule has 1 aliphatic rings. The summed E-state index contributed by atoms with van der Waals surface area (Å²) in [6, 6.07) is 9.65. The minimum Gasteiger partial charge on any atom is -0.493 e. The van der Waals surface area contributed by atoms with Crippen molar-refractivity contribution in [1.82, 2.24) is 0 Å². The Morgan fingerprint density at radius 2 is 1.81 bits per heavy atom. The number of carbonyl (C=O) groups excluding carboxylic acids is 1. The average Bonchev–Trinajstić information content (AvgIpc) is 2.80. The number of hydrogen-bond acceptors (Lipinski definition) is 6. The first-order valence-electron chi connectivity index (χ1n) is 8.94. The second-order valence-corrected chi connectivity index (χ2v) is 8.57. The number of benzene rings is 1. The number of rotatable bonds is 7. The summed E-state index contributed by atoms with van der Waals surface area (Å²) in [6.07, 6.45) is 2.35. The highest BCUT2D eigenvalue weighted by Crippen LogP contribution is 2.39. The Hall–Kier alpha value is -1.75. The van der Waals surface area contributed by atoms with Crippen molar-refractivity contribution >= 4 is 30.1 Å². The van der Waals surface area contributed by atoms with Crippen molar-refractivity contribution in [1.29, 1.82) is 5.26 Å². The summed E-state index contributed by atoms with van der Waals surface area (Å²) in [7, 11) is -0.492. The van der Waals surface area contributed by atoms with Gasteiger partial charge in [-0.15, -0.1) is 0 Å². The molecule has 0 aliphatic carbocycles. The molecule has 0 atom stereocenters. The van der Waals surface area contributed by atoms with Gasteiger partial charge in [0.05, 0.1) is 23.7 Å². The first-order chi connectivity index (χ1) is 12.6. The highest BCUT2D eigenvalue weighted by atomic mass is 32.2. The Kier molecular flexibility index (Phi) is 7.16. The Morgan fingerprint density at radius 1 is 1.22 bits per heavy atom. The van der Waals surface area contributed by atoms with Crippen LogP contribution in [-0.4, -0.2) is 35.8 Å². The summed E-state index contributed by atoms with van der Waals surface area (Å²) in [6.45, 7) is 9.97. The molecule has 0 saturated carbocycles. The Balaban J connectivity index is 2.18. The van der Waals surface area contributed by atoms with E-state index in [1.165, 1.54) is 11.8 Å². The van der Waals surface area contributed by atoms with Crippen LogP contribution in [0.3, 0.4) is 0 Å². The molecule has 144 valence electrons. The molecule has 1 heterocycles. The van der Waals surface area contributed by atoms with Crippen LogP contribution >= 0.6 is 11.8 Å². The van der Waals surface area contributed by atoms with E-state index < -0.39 is 18.3 Å². The van der Waals surface area contributed by atoms with Gasteiger partial charge < -0.3 is 14.0 Å². The molecular formula is C20H26BNO4S. The van der Waals surface area contributed by atoms with Crippen molar-refractivity contribution in [2.24, 2.45) is 0 Å². The van der Waals surface area contributed by atoms with Gasteiger partial charge in [0, 0.05) is 12.7 Å². The lowest BCUT2D eigenvalue weighted by molar-refractivity contribution is -0.109. The van der Waals surface area contributed by atoms with E-state index in [1.54, 1.807) is 6.92 Å². The molecule has 1 fully saturated rings. The molecule has 7 heteroatoms. The SMILES string of the molecule is CC(=O)SCC(=Cc1ccc(OCCC#N)cc1)B1OC(C)(C)C(C)(C)O1. The van der Waals surface area contributed by atoms with Crippen LogP contribution in [0.15, 0.2) is 29.7 Å². The van der Waals surface area contributed by atoms with Crippen LogP contribution in [0.4, 0.5) is 0 Å². The number of nitrogens with zero attached hydrogens (tertiary/aromatic N) is 1. The molecule has 0 bridgehead atoms. The van der Waals surface area contributed by atoms with E-state index in [1.807, 2.05) is 58.0 Å². The van der Waals surface area contributed by atoms with Gasteiger partial charge in [-0.3, -0.25) is 4.79 Å². The molecule has 0 N–H and O–H groups in total. The molecule has 1 aromatic rings. The Morgan fingerprint density at radius 3 is 2.33 bits per heavy atom. The number of nitriles is 1. The summed E-state index contributed by atoms with van der Waals surface area (Å²) < 4.78 is 17.8. The smallest absolute Gasteiger partial charge is 0.491 e. The van der Waals surface area contributed by atoms with Crippen molar-refractivity contribution in [2.45, 2.75) is 52.2 Å². The maximum Gasteiger partial charge on any atom is 0.491 e. The van der Waals surface area contributed by atoms with Crippen molar-refractivity contribution in [2.75, 3.05) is 12.4 Å². The molecule has 0 aromatic heterocycles. The maximum absolute atomic E-state index is 11.5. The Labute approximate surface area is 166 Å². The molecule has 0 amide bonds. The molecule has 27 heavy (non-hydrogen) atoms. The van der Waals surface area contributed by atoms with Gasteiger partial charge in [0.1, 0.15) is 12.4 Å². The summed E-state index contributed by atoms with van der Waals surface area (Å²) >= 11 is 1.24. The number of thioether (sulfide) groups is 1. The fourth-order valence-corrected chi connectivity index (χ4v) is 3.04. The monoisotopic (exact) mass is 387 g/mol.